The number of aliphatic hydroxyl groups excluding tert-OH is 1. The molecule has 0 fully saturated rings. The molecule has 1 aliphatic heterocycles. The second-order valence-electron chi connectivity index (χ2n) is 6.08. The molecule has 0 saturated carbocycles. The molecule has 2 aromatic carbocycles. The minimum atomic E-state index is -0.718. The molecule has 0 bridgehead atoms. The zero-order valence-electron chi connectivity index (χ0n) is 13.4. The number of carbonyl (C=O) groups is 1. The van der Waals surface area contributed by atoms with E-state index in [1.807, 2.05) is 54.6 Å². The fourth-order valence-electron chi connectivity index (χ4n) is 2.94. The molecular weight excluding hydrogens is 300 g/mol. The molecule has 4 nitrogen and oxygen atoms in total. The molecule has 1 heterocycles. The van der Waals surface area contributed by atoms with Crippen molar-refractivity contribution in [1.29, 1.82) is 5.26 Å². The first-order chi connectivity index (χ1) is 11.6. The van der Waals surface area contributed by atoms with Gasteiger partial charge in [-0.1, -0.05) is 48.5 Å². The number of para-hydroxylation sites is 1. The van der Waals surface area contributed by atoms with Crippen LogP contribution in [0.15, 0.2) is 53.5 Å². The van der Waals surface area contributed by atoms with Crippen LogP contribution in [0.5, 0.6) is 0 Å². The highest BCUT2D eigenvalue weighted by Crippen LogP contribution is 2.21. The molecule has 0 aromatic heterocycles. The average Bonchev–Trinajstić information content (AvgIpc) is 2.57. The van der Waals surface area contributed by atoms with Crippen LogP contribution in [-0.2, 0) is 11.2 Å². The third-order valence-electron chi connectivity index (χ3n) is 4.28. The molecule has 120 valence electrons. The summed E-state index contributed by atoms with van der Waals surface area (Å²) in [4.78, 5) is 16.4. The number of hydrogen-bond donors (Lipinski definition) is 1. The van der Waals surface area contributed by atoms with E-state index in [0.717, 1.165) is 21.7 Å². The van der Waals surface area contributed by atoms with Crippen molar-refractivity contribution in [3.05, 3.63) is 70.2 Å². The fraction of sp³-hybridized carbons (Fsp3) is 0.250. The monoisotopic (exact) mass is 318 g/mol. The van der Waals surface area contributed by atoms with Gasteiger partial charge in [0.1, 0.15) is 0 Å². The number of rotatable bonds is 4. The van der Waals surface area contributed by atoms with Crippen molar-refractivity contribution < 1.29 is 9.90 Å². The van der Waals surface area contributed by atoms with Gasteiger partial charge in [-0.15, -0.1) is 0 Å². The minimum absolute atomic E-state index is 0.128. The van der Waals surface area contributed by atoms with E-state index in [4.69, 9.17) is 5.26 Å². The summed E-state index contributed by atoms with van der Waals surface area (Å²) in [5, 5.41) is 20.5. The topological polar surface area (TPSA) is 73.4 Å². The highest BCUT2D eigenvalue weighted by atomic mass is 16.3. The zero-order chi connectivity index (χ0) is 17.1. The average molecular weight is 318 g/mol. The summed E-state index contributed by atoms with van der Waals surface area (Å²) in [7, 11) is 0. The van der Waals surface area contributed by atoms with Gasteiger partial charge in [0.15, 0.2) is 0 Å². The Morgan fingerprint density at radius 3 is 2.58 bits per heavy atom. The van der Waals surface area contributed by atoms with Gasteiger partial charge in [-0.3, -0.25) is 4.79 Å². The van der Waals surface area contributed by atoms with E-state index in [-0.39, 0.29) is 11.8 Å². The van der Waals surface area contributed by atoms with E-state index in [0.29, 0.717) is 6.42 Å². The maximum absolute atomic E-state index is 12.2. The van der Waals surface area contributed by atoms with Crippen molar-refractivity contribution in [3.63, 3.8) is 0 Å². The molecule has 3 atom stereocenters. The van der Waals surface area contributed by atoms with Gasteiger partial charge in [0, 0.05) is 0 Å². The molecule has 1 amide bonds. The van der Waals surface area contributed by atoms with E-state index in [9.17, 15) is 9.90 Å². The second kappa shape index (κ2) is 6.77. The van der Waals surface area contributed by atoms with Crippen LogP contribution in [0.25, 0.3) is 6.08 Å². The largest absolute Gasteiger partial charge is 0.392 e. The van der Waals surface area contributed by atoms with E-state index < -0.39 is 12.0 Å². The maximum Gasteiger partial charge on any atom is 0.253 e. The summed E-state index contributed by atoms with van der Waals surface area (Å²) in [5.41, 5.74) is 1.79. The van der Waals surface area contributed by atoms with Crippen molar-refractivity contribution in [2.45, 2.75) is 25.4 Å². The molecule has 2 aromatic rings. The first-order valence-corrected chi connectivity index (χ1v) is 7.94. The Morgan fingerprint density at radius 2 is 1.92 bits per heavy atom. The Morgan fingerprint density at radius 1 is 1.21 bits per heavy atom. The number of carbonyl (C=O) groups excluding carboxylic acids is 1. The molecule has 1 N–H and O–H groups in total. The number of fused-ring (bicyclic) bond motifs is 1. The summed E-state index contributed by atoms with van der Waals surface area (Å²) in [6, 6.07) is 17.2. The van der Waals surface area contributed by atoms with E-state index in [1.165, 1.54) is 0 Å². The zero-order valence-corrected chi connectivity index (χ0v) is 13.4. The molecule has 0 spiro atoms. The summed E-state index contributed by atoms with van der Waals surface area (Å²) in [6.45, 7) is 1.61. The van der Waals surface area contributed by atoms with Crippen LogP contribution in [0.2, 0.25) is 0 Å². The summed E-state index contributed by atoms with van der Waals surface area (Å²) in [6.07, 6.45) is 1.82. The second-order valence-corrected chi connectivity index (χ2v) is 6.08. The molecule has 0 saturated heterocycles. The lowest BCUT2D eigenvalue weighted by Gasteiger charge is -2.15. The standard InChI is InChI=1S/C20H18N2O2/c1-13(23)18(12-21)15-8-6-14(7-9-15)10-17-11-16-4-2-3-5-19(16)22-20(17)24/h2-9,11,13,17-18,23H,10H2,1H3/t13-,17?,18-/m1/s1. The normalized spacial score (nSPS) is 18.5. The maximum atomic E-state index is 12.2. The van der Waals surface area contributed by atoms with Crippen LogP contribution in [-0.4, -0.2) is 17.1 Å². The van der Waals surface area contributed by atoms with Crippen LogP contribution < -0.4 is 10.6 Å². The van der Waals surface area contributed by atoms with Crippen molar-refractivity contribution in [3.8, 4) is 6.07 Å². The molecule has 0 aliphatic carbocycles. The number of aliphatic hydroxyl groups is 1. The third kappa shape index (κ3) is 3.27. The lowest BCUT2D eigenvalue weighted by molar-refractivity contribution is -0.120. The molecule has 3 rings (SSSR count). The van der Waals surface area contributed by atoms with Crippen LogP contribution in [0.1, 0.15) is 24.0 Å². The SMILES string of the molecule is C[C@@H](O)[C@@H](C#N)c1ccc(CC2C=c3ccccc3=NC2=O)cc1. The first-order valence-electron chi connectivity index (χ1n) is 7.94. The Bertz CT molecular complexity index is 908. The number of nitriles is 1. The van der Waals surface area contributed by atoms with Gasteiger partial charge in [-0.05, 0) is 35.8 Å². The van der Waals surface area contributed by atoms with Crippen LogP contribution in [0, 0.1) is 17.2 Å². The number of hydrogen-bond acceptors (Lipinski definition) is 3. The van der Waals surface area contributed by atoms with Crippen LogP contribution in [0.4, 0.5) is 0 Å². The van der Waals surface area contributed by atoms with Crippen molar-refractivity contribution >= 4 is 12.0 Å². The Kier molecular flexibility index (Phi) is 4.54. The van der Waals surface area contributed by atoms with Gasteiger partial charge in [-0.25, -0.2) is 4.99 Å². The molecule has 0 radical (unpaired) electrons. The summed E-state index contributed by atoms with van der Waals surface area (Å²) >= 11 is 0. The smallest absolute Gasteiger partial charge is 0.253 e. The van der Waals surface area contributed by atoms with Crippen LogP contribution in [0.3, 0.4) is 0 Å². The quantitative estimate of drug-likeness (QED) is 0.928. The van der Waals surface area contributed by atoms with Gasteiger partial charge in [0.25, 0.3) is 5.91 Å². The molecule has 24 heavy (non-hydrogen) atoms. The molecule has 1 aliphatic rings. The predicted molar refractivity (Wildman–Crippen MR) is 90.4 cm³/mol. The number of nitrogens with zero attached hydrogens (tertiary/aromatic N) is 2. The Balaban J connectivity index is 1.81. The highest BCUT2D eigenvalue weighted by molar-refractivity contribution is 5.86. The van der Waals surface area contributed by atoms with Crippen molar-refractivity contribution in [2.24, 2.45) is 10.9 Å². The molecular formula is C20H18N2O2. The van der Waals surface area contributed by atoms with Gasteiger partial charge in [0.05, 0.1) is 29.4 Å². The van der Waals surface area contributed by atoms with Gasteiger partial charge >= 0.3 is 0 Å². The van der Waals surface area contributed by atoms with Gasteiger partial charge < -0.3 is 5.11 Å². The summed E-state index contributed by atoms with van der Waals surface area (Å²) in [5.74, 6) is -0.935. The van der Waals surface area contributed by atoms with Crippen LogP contribution >= 0.6 is 0 Å². The van der Waals surface area contributed by atoms with E-state index in [1.54, 1.807) is 6.92 Å². The molecule has 4 heteroatoms. The Hall–Kier alpha value is -2.77. The fourth-order valence-corrected chi connectivity index (χ4v) is 2.94. The highest BCUT2D eigenvalue weighted by Gasteiger charge is 2.20. The van der Waals surface area contributed by atoms with Gasteiger partial charge in [-0.2, -0.15) is 5.26 Å². The van der Waals surface area contributed by atoms with E-state index >= 15 is 0 Å². The first kappa shape index (κ1) is 16.1. The summed E-state index contributed by atoms with van der Waals surface area (Å²) < 4.78 is 0. The lowest BCUT2D eigenvalue weighted by atomic mass is 9.91. The predicted octanol–water partition coefficient (Wildman–Crippen LogP) is 1.47. The van der Waals surface area contributed by atoms with Crippen molar-refractivity contribution in [2.75, 3.05) is 0 Å². The minimum Gasteiger partial charge on any atom is -0.392 e. The molecule has 1 unspecified atom stereocenters. The van der Waals surface area contributed by atoms with Gasteiger partial charge in [0.2, 0.25) is 0 Å². The lowest BCUT2D eigenvalue weighted by Crippen LogP contribution is -2.34. The Labute approximate surface area is 140 Å². The van der Waals surface area contributed by atoms with Crippen molar-refractivity contribution in [1.82, 2.24) is 0 Å². The van der Waals surface area contributed by atoms with E-state index in [2.05, 4.69) is 11.1 Å². The number of amides is 1. The number of benzene rings is 2. The third-order valence-corrected chi connectivity index (χ3v) is 4.28.